The highest BCUT2D eigenvalue weighted by Gasteiger charge is 2.32. The number of aliphatic hydroxyl groups excluding tert-OH is 1. The van der Waals surface area contributed by atoms with Gasteiger partial charge < -0.3 is 38.2 Å². The first-order chi connectivity index (χ1) is 18.3. The van der Waals surface area contributed by atoms with Crippen molar-refractivity contribution in [3.05, 3.63) is 0 Å². The van der Waals surface area contributed by atoms with Crippen molar-refractivity contribution in [1.29, 1.82) is 0 Å². The Morgan fingerprint density at radius 3 is 1.56 bits per heavy atom. The molecule has 0 aromatic carbocycles. The smallest absolute Gasteiger partial charge is 0.409 e. The van der Waals surface area contributed by atoms with E-state index in [-0.39, 0.29) is 32.0 Å². The lowest BCUT2D eigenvalue weighted by molar-refractivity contribution is 0.0127. The number of hydrogen-bond acceptors (Lipinski definition) is 10. The number of piperazine rings is 2. The minimum Gasteiger partial charge on any atom is -0.447 e. The fourth-order valence-electron chi connectivity index (χ4n) is 3.98. The molecular formula is C24H52N4O9P2. The number of amides is 1. The zero-order valence-electron chi connectivity index (χ0n) is 25.0. The van der Waals surface area contributed by atoms with Gasteiger partial charge in [0.05, 0.1) is 45.2 Å². The molecule has 2 atom stereocenters. The number of aliphatic hydroxyl groups is 1. The second kappa shape index (κ2) is 18.8. The molecule has 2 unspecified atom stereocenters. The van der Waals surface area contributed by atoms with E-state index in [2.05, 4.69) is 11.9 Å². The van der Waals surface area contributed by atoms with Gasteiger partial charge in [0.25, 0.3) is 15.0 Å². The minimum absolute atomic E-state index is 0.0119. The SMILES string of the molecule is CC(C)OP(C)(=O)N1CCN(C(=O)OCCOCCOCCO)CC1.CC(C)OP(C)(=O)N1CCN(C)CC1. The maximum Gasteiger partial charge on any atom is 0.409 e. The predicted octanol–water partition coefficient (Wildman–Crippen LogP) is 2.50. The maximum absolute atomic E-state index is 12.5. The molecule has 0 aliphatic carbocycles. The van der Waals surface area contributed by atoms with Gasteiger partial charge in [-0.15, -0.1) is 0 Å². The summed E-state index contributed by atoms with van der Waals surface area (Å²) in [4.78, 5) is 15.8. The van der Waals surface area contributed by atoms with Crippen molar-refractivity contribution in [3.8, 4) is 0 Å². The molecule has 2 aliphatic rings. The van der Waals surface area contributed by atoms with E-state index >= 15 is 0 Å². The average molecular weight is 603 g/mol. The average Bonchev–Trinajstić information content (AvgIpc) is 2.85. The zero-order chi connectivity index (χ0) is 29.5. The highest BCUT2D eigenvalue weighted by atomic mass is 31.2. The molecule has 2 saturated heterocycles. The molecule has 2 aliphatic heterocycles. The summed E-state index contributed by atoms with van der Waals surface area (Å²) in [7, 11) is -3.28. The number of rotatable bonds is 14. The van der Waals surface area contributed by atoms with E-state index < -0.39 is 21.1 Å². The van der Waals surface area contributed by atoms with Crippen LogP contribution in [0.4, 0.5) is 4.79 Å². The fourth-order valence-corrected chi connectivity index (χ4v) is 7.62. The van der Waals surface area contributed by atoms with E-state index in [9.17, 15) is 13.9 Å². The van der Waals surface area contributed by atoms with Gasteiger partial charge in [0.15, 0.2) is 0 Å². The fraction of sp³-hybridized carbons (Fsp3) is 0.958. The van der Waals surface area contributed by atoms with E-state index in [0.29, 0.717) is 46.0 Å². The van der Waals surface area contributed by atoms with Crippen LogP contribution in [0.15, 0.2) is 0 Å². The molecule has 0 spiro atoms. The molecule has 0 aromatic rings. The van der Waals surface area contributed by atoms with Crippen molar-refractivity contribution < 1.29 is 42.3 Å². The van der Waals surface area contributed by atoms with Crippen LogP contribution < -0.4 is 0 Å². The molecule has 39 heavy (non-hydrogen) atoms. The summed E-state index contributed by atoms with van der Waals surface area (Å²) in [5, 5.41) is 8.54. The molecule has 0 bridgehead atoms. The van der Waals surface area contributed by atoms with Gasteiger partial charge >= 0.3 is 6.09 Å². The highest BCUT2D eigenvalue weighted by molar-refractivity contribution is 7.55. The molecule has 0 radical (unpaired) electrons. The molecular weight excluding hydrogens is 550 g/mol. The van der Waals surface area contributed by atoms with Crippen LogP contribution in [-0.4, -0.2) is 155 Å². The van der Waals surface area contributed by atoms with Crippen molar-refractivity contribution in [3.63, 3.8) is 0 Å². The molecule has 0 aromatic heterocycles. The number of hydrogen-bond donors (Lipinski definition) is 1. The first-order valence-corrected chi connectivity index (χ1v) is 17.7. The number of likely N-dealkylation sites (N-methyl/N-ethyl adjacent to an activating group) is 1. The summed E-state index contributed by atoms with van der Waals surface area (Å²) in [6.07, 6.45) is -0.464. The molecule has 1 N–H and O–H groups in total. The van der Waals surface area contributed by atoms with Crippen molar-refractivity contribution >= 4 is 21.1 Å². The Kier molecular flexibility index (Phi) is 17.5. The van der Waals surface area contributed by atoms with Gasteiger partial charge in [-0.05, 0) is 34.7 Å². The van der Waals surface area contributed by atoms with Crippen LogP contribution in [0.2, 0.25) is 0 Å². The normalized spacial score (nSPS) is 20.8. The van der Waals surface area contributed by atoms with E-state index in [1.54, 1.807) is 22.9 Å². The van der Waals surface area contributed by atoms with E-state index in [4.69, 9.17) is 28.4 Å². The van der Waals surface area contributed by atoms with Crippen LogP contribution in [0.5, 0.6) is 0 Å². The Bertz CT molecular complexity index is 775. The lowest BCUT2D eigenvalue weighted by Gasteiger charge is -2.37. The van der Waals surface area contributed by atoms with E-state index in [1.807, 2.05) is 32.4 Å². The minimum atomic E-state index is -2.82. The summed E-state index contributed by atoms with van der Waals surface area (Å²) in [6.45, 7) is 17.9. The standard InChI is InChI=1S/C15H31N2O7P.C9H21N2O2P/c1-14(2)24-25(3,20)17-6-4-16(5-7-17)15(19)23-13-12-22-11-10-21-9-8-18;1-9(2)13-14(4,12)11-7-5-10(3)6-8-11/h14,18H,4-13H2,1-3H3;9H,5-8H2,1-4H3. The van der Waals surface area contributed by atoms with Crippen LogP contribution in [0.1, 0.15) is 27.7 Å². The number of nitrogens with zero attached hydrogens (tertiary/aromatic N) is 4. The van der Waals surface area contributed by atoms with Crippen LogP contribution in [0.25, 0.3) is 0 Å². The Morgan fingerprint density at radius 2 is 1.13 bits per heavy atom. The molecule has 0 saturated carbocycles. The first kappa shape index (κ1) is 36.4. The second-order valence-electron chi connectivity index (χ2n) is 10.2. The number of carbonyl (C=O) groups excluding carboxylic acids is 1. The lowest BCUT2D eigenvalue weighted by Crippen LogP contribution is -2.47. The van der Waals surface area contributed by atoms with Gasteiger partial charge in [-0.25, -0.2) is 14.1 Å². The van der Waals surface area contributed by atoms with Gasteiger partial charge in [-0.1, -0.05) is 0 Å². The maximum atomic E-state index is 12.5. The molecule has 1 amide bonds. The van der Waals surface area contributed by atoms with Crippen molar-refractivity contribution in [2.45, 2.75) is 39.9 Å². The van der Waals surface area contributed by atoms with Gasteiger partial charge in [-0.3, -0.25) is 9.13 Å². The Hall–Kier alpha value is -0.590. The molecule has 2 fully saturated rings. The third-order valence-corrected chi connectivity index (χ3v) is 10.4. The summed E-state index contributed by atoms with van der Waals surface area (Å²) in [6, 6.07) is 0. The molecule has 15 heteroatoms. The van der Waals surface area contributed by atoms with Gasteiger partial charge in [-0.2, -0.15) is 0 Å². The Morgan fingerprint density at radius 1 is 0.718 bits per heavy atom. The largest absolute Gasteiger partial charge is 0.447 e. The number of carbonyl (C=O) groups is 1. The zero-order valence-corrected chi connectivity index (χ0v) is 26.7. The lowest BCUT2D eigenvalue weighted by atomic mass is 10.4. The van der Waals surface area contributed by atoms with Crippen molar-refractivity contribution in [2.75, 3.05) is 112 Å². The highest BCUT2D eigenvalue weighted by Crippen LogP contribution is 2.49. The summed E-state index contributed by atoms with van der Waals surface area (Å²) >= 11 is 0. The molecule has 2 heterocycles. The monoisotopic (exact) mass is 602 g/mol. The van der Waals surface area contributed by atoms with Crippen molar-refractivity contribution in [1.82, 2.24) is 19.1 Å². The predicted molar refractivity (Wildman–Crippen MR) is 152 cm³/mol. The van der Waals surface area contributed by atoms with Crippen molar-refractivity contribution in [2.24, 2.45) is 0 Å². The quantitative estimate of drug-likeness (QED) is 0.232. The molecule has 2 rings (SSSR count). The van der Waals surface area contributed by atoms with Crippen LogP contribution >= 0.6 is 15.0 Å². The topological polar surface area (TPSA) is 131 Å². The van der Waals surface area contributed by atoms with Gasteiger partial charge in [0.2, 0.25) is 0 Å². The van der Waals surface area contributed by atoms with Crippen LogP contribution in [0.3, 0.4) is 0 Å². The second-order valence-corrected chi connectivity index (χ2v) is 14.9. The molecule has 13 nitrogen and oxygen atoms in total. The summed E-state index contributed by atoms with van der Waals surface area (Å²) in [5.41, 5.74) is 0. The third-order valence-electron chi connectivity index (χ3n) is 5.90. The third kappa shape index (κ3) is 15.3. The van der Waals surface area contributed by atoms with Gasteiger partial charge in [0, 0.05) is 65.7 Å². The molecule has 232 valence electrons. The van der Waals surface area contributed by atoms with E-state index in [0.717, 1.165) is 26.2 Å². The van der Waals surface area contributed by atoms with Crippen LogP contribution in [-0.2, 0) is 32.4 Å². The van der Waals surface area contributed by atoms with Gasteiger partial charge in [0.1, 0.15) is 6.61 Å². The Labute approximate surface area is 235 Å². The number of ether oxygens (including phenoxy) is 3. The van der Waals surface area contributed by atoms with E-state index in [1.165, 1.54) is 0 Å². The Balaban J connectivity index is 0.000000457. The van der Waals surface area contributed by atoms with Crippen LogP contribution in [0, 0.1) is 0 Å². The first-order valence-electron chi connectivity index (χ1n) is 13.7. The summed E-state index contributed by atoms with van der Waals surface area (Å²) < 4.78 is 54.9. The summed E-state index contributed by atoms with van der Waals surface area (Å²) in [5.74, 6) is 0.